The molecule has 3 aromatic rings. The van der Waals surface area contributed by atoms with Crippen molar-refractivity contribution in [3.63, 3.8) is 0 Å². The second-order valence-corrected chi connectivity index (χ2v) is 12.6. The maximum atomic E-state index is 14.0. The van der Waals surface area contributed by atoms with Crippen molar-refractivity contribution in [3.05, 3.63) is 53.6 Å². The number of hydrogen-bond donors (Lipinski definition) is 1. The number of sulfonamides is 1. The number of nitrogens with zero attached hydrogens (tertiary/aromatic N) is 4. The first kappa shape index (κ1) is 26.9. The van der Waals surface area contributed by atoms with Crippen LogP contribution in [0.25, 0.3) is 10.2 Å². The fourth-order valence-electron chi connectivity index (χ4n) is 4.88. The van der Waals surface area contributed by atoms with E-state index in [4.69, 9.17) is 0 Å². The van der Waals surface area contributed by atoms with Crippen LogP contribution >= 0.6 is 11.3 Å². The van der Waals surface area contributed by atoms with E-state index in [1.807, 2.05) is 0 Å². The molecule has 1 N–H and O–H groups in total. The highest BCUT2D eigenvalue weighted by Crippen LogP contribution is 2.31. The van der Waals surface area contributed by atoms with E-state index in [2.05, 4.69) is 20.1 Å². The first-order valence-electron chi connectivity index (χ1n) is 12.9. The maximum absolute atomic E-state index is 14.0. The topological polar surface area (TPSA) is 85.9 Å². The van der Waals surface area contributed by atoms with E-state index >= 15 is 0 Å². The molecule has 0 spiro atoms. The molecule has 0 bridgehead atoms. The number of nitrogens with one attached hydrogen (secondary N) is 1. The third kappa shape index (κ3) is 5.98. The predicted molar refractivity (Wildman–Crippen MR) is 144 cm³/mol. The summed E-state index contributed by atoms with van der Waals surface area (Å²) in [7, 11) is -3.54. The Morgan fingerprint density at radius 2 is 1.63 bits per heavy atom. The van der Waals surface area contributed by atoms with Crippen molar-refractivity contribution in [2.24, 2.45) is 0 Å². The van der Waals surface area contributed by atoms with Crippen LogP contribution in [-0.2, 0) is 10.0 Å². The SMILES string of the molecule is O=C(NCCN1CCN(c2nc3c(F)cc(F)cc3s2)CC1)c1ccc(S(=O)(=O)N2CCCCCC2)cc1. The van der Waals surface area contributed by atoms with Crippen LogP contribution < -0.4 is 10.2 Å². The highest BCUT2D eigenvalue weighted by molar-refractivity contribution is 7.89. The van der Waals surface area contributed by atoms with Crippen LogP contribution in [0.5, 0.6) is 0 Å². The Kier molecular flexibility index (Phi) is 8.22. The molecule has 12 heteroatoms. The molecule has 0 radical (unpaired) electrons. The van der Waals surface area contributed by atoms with Crippen molar-refractivity contribution in [2.75, 3.05) is 57.3 Å². The molecule has 0 saturated carbocycles. The van der Waals surface area contributed by atoms with Crippen LogP contribution in [0, 0.1) is 11.6 Å². The van der Waals surface area contributed by atoms with Crippen LogP contribution in [0.1, 0.15) is 36.0 Å². The number of piperazine rings is 1. The summed E-state index contributed by atoms with van der Waals surface area (Å²) in [5.74, 6) is -1.50. The molecule has 38 heavy (non-hydrogen) atoms. The van der Waals surface area contributed by atoms with Gasteiger partial charge in [-0.05, 0) is 43.2 Å². The molecular weight excluding hydrogens is 532 g/mol. The Morgan fingerprint density at radius 1 is 0.947 bits per heavy atom. The van der Waals surface area contributed by atoms with Crippen LogP contribution in [0.15, 0.2) is 41.3 Å². The molecule has 5 rings (SSSR count). The van der Waals surface area contributed by atoms with Gasteiger partial charge in [0.1, 0.15) is 11.3 Å². The molecule has 2 saturated heterocycles. The first-order valence-corrected chi connectivity index (χ1v) is 15.2. The van der Waals surface area contributed by atoms with Gasteiger partial charge in [-0.3, -0.25) is 9.69 Å². The second-order valence-electron chi connectivity index (χ2n) is 9.66. The lowest BCUT2D eigenvalue weighted by Gasteiger charge is -2.34. The zero-order valence-electron chi connectivity index (χ0n) is 21.0. The molecule has 2 aliphatic heterocycles. The molecule has 8 nitrogen and oxygen atoms in total. The van der Waals surface area contributed by atoms with Crippen molar-refractivity contribution in [3.8, 4) is 0 Å². The fourth-order valence-corrected chi connectivity index (χ4v) is 7.46. The lowest BCUT2D eigenvalue weighted by Crippen LogP contribution is -2.48. The standard InChI is InChI=1S/C26H31F2N5O3S2/c27-20-17-22(28)24-23(18-20)37-26(30-24)32-15-13-31(14-16-32)12-9-29-25(34)19-5-7-21(8-6-19)38(35,36)33-10-3-1-2-4-11-33/h5-8,17-18H,1-4,9-16H2,(H,29,34). The number of carbonyl (C=O) groups is 1. The van der Waals surface area contributed by atoms with Crippen molar-refractivity contribution in [1.82, 2.24) is 19.5 Å². The van der Waals surface area contributed by atoms with Crippen LogP contribution in [-0.4, -0.2) is 80.9 Å². The molecule has 2 aromatic carbocycles. The van der Waals surface area contributed by atoms with Gasteiger partial charge in [-0.1, -0.05) is 24.2 Å². The average molecular weight is 564 g/mol. The zero-order chi connectivity index (χ0) is 26.7. The Balaban J connectivity index is 1.09. The Labute approximate surface area is 225 Å². The Bertz CT molecular complexity index is 1380. The van der Waals surface area contributed by atoms with Crippen LogP contribution in [0.4, 0.5) is 13.9 Å². The minimum absolute atomic E-state index is 0.198. The number of amides is 1. The summed E-state index contributed by atoms with van der Waals surface area (Å²) in [5, 5.41) is 3.59. The van der Waals surface area contributed by atoms with Gasteiger partial charge in [0.15, 0.2) is 10.9 Å². The minimum atomic E-state index is -3.54. The Morgan fingerprint density at radius 3 is 2.32 bits per heavy atom. The predicted octanol–water partition coefficient (Wildman–Crippen LogP) is 3.69. The van der Waals surface area contributed by atoms with Gasteiger partial charge in [0, 0.05) is 64.0 Å². The van der Waals surface area contributed by atoms with E-state index in [-0.39, 0.29) is 16.3 Å². The lowest BCUT2D eigenvalue weighted by atomic mass is 10.2. The van der Waals surface area contributed by atoms with Gasteiger partial charge in [-0.15, -0.1) is 0 Å². The van der Waals surface area contributed by atoms with Crippen molar-refractivity contribution in [1.29, 1.82) is 0 Å². The van der Waals surface area contributed by atoms with Gasteiger partial charge in [-0.25, -0.2) is 22.2 Å². The minimum Gasteiger partial charge on any atom is -0.351 e. The van der Waals surface area contributed by atoms with E-state index in [9.17, 15) is 22.0 Å². The number of benzene rings is 2. The van der Waals surface area contributed by atoms with Crippen molar-refractivity contribution >= 4 is 42.6 Å². The van der Waals surface area contributed by atoms with Crippen LogP contribution in [0.3, 0.4) is 0 Å². The molecule has 0 unspecified atom stereocenters. The molecule has 1 aromatic heterocycles. The summed E-state index contributed by atoms with van der Waals surface area (Å²) < 4.78 is 55.4. The van der Waals surface area contributed by atoms with Gasteiger partial charge in [-0.2, -0.15) is 4.31 Å². The second kappa shape index (κ2) is 11.6. The van der Waals surface area contributed by atoms with E-state index in [1.54, 1.807) is 16.4 Å². The molecule has 204 valence electrons. The molecule has 0 aliphatic carbocycles. The number of aromatic nitrogens is 1. The quantitative estimate of drug-likeness (QED) is 0.472. The summed E-state index contributed by atoms with van der Waals surface area (Å²) in [6, 6.07) is 8.30. The average Bonchev–Trinajstić information content (AvgIpc) is 3.14. The molecule has 2 aliphatic rings. The molecule has 3 heterocycles. The summed E-state index contributed by atoms with van der Waals surface area (Å²) in [6.45, 7) is 5.11. The molecule has 2 fully saturated rings. The first-order chi connectivity index (χ1) is 18.3. The van der Waals surface area contributed by atoms with Gasteiger partial charge in [0.25, 0.3) is 5.91 Å². The highest BCUT2D eigenvalue weighted by atomic mass is 32.2. The smallest absolute Gasteiger partial charge is 0.251 e. The number of anilines is 1. The van der Waals surface area contributed by atoms with E-state index in [1.165, 1.54) is 29.5 Å². The maximum Gasteiger partial charge on any atom is 0.251 e. The Hall–Kier alpha value is -2.67. The molecule has 1 amide bonds. The van der Waals surface area contributed by atoms with Gasteiger partial charge >= 0.3 is 0 Å². The summed E-state index contributed by atoms with van der Waals surface area (Å²) in [4.78, 5) is 21.5. The van der Waals surface area contributed by atoms with Gasteiger partial charge < -0.3 is 10.2 Å². The molecular formula is C26H31F2N5O3S2. The summed E-state index contributed by atoms with van der Waals surface area (Å²) in [5.41, 5.74) is 0.619. The van der Waals surface area contributed by atoms with E-state index in [0.29, 0.717) is 54.7 Å². The number of rotatable bonds is 7. The fraction of sp³-hybridized carbons (Fsp3) is 0.462. The number of carbonyl (C=O) groups excluding carboxylic acids is 1. The van der Waals surface area contributed by atoms with Crippen molar-refractivity contribution in [2.45, 2.75) is 30.6 Å². The van der Waals surface area contributed by atoms with E-state index in [0.717, 1.165) is 44.8 Å². The third-order valence-electron chi connectivity index (χ3n) is 7.08. The lowest BCUT2D eigenvalue weighted by molar-refractivity contribution is 0.0947. The third-order valence-corrected chi connectivity index (χ3v) is 10.1. The summed E-state index contributed by atoms with van der Waals surface area (Å²) >= 11 is 1.28. The zero-order valence-corrected chi connectivity index (χ0v) is 22.7. The number of thiazole rings is 1. The van der Waals surface area contributed by atoms with Crippen LogP contribution in [0.2, 0.25) is 0 Å². The van der Waals surface area contributed by atoms with Gasteiger partial charge in [0.05, 0.1) is 9.60 Å². The largest absolute Gasteiger partial charge is 0.351 e. The normalized spacial score (nSPS) is 18.0. The number of halogens is 2. The van der Waals surface area contributed by atoms with E-state index < -0.39 is 21.7 Å². The number of fused-ring (bicyclic) bond motifs is 1. The highest BCUT2D eigenvalue weighted by Gasteiger charge is 2.25. The monoisotopic (exact) mass is 563 g/mol. The van der Waals surface area contributed by atoms with Crippen molar-refractivity contribution < 1.29 is 22.0 Å². The number of hydrogen-bond acceptors (Lipinski definition) is 7. The molecule has 0 atom stereocenters. The van der Waals surface area contributed by atoms with Gasteiger partial charge in [0.2, 0.25) is 10.0 Å². The summed E-state index contributed by atoms with van der Waals surface area (Å²) in [6.07, 6.45) is 3.84.